The number of nitrogens with zero attached hydrogens (tertiary/aromatic N) is 1. The molecule has 2 aromatic rings. The Bertz CT molecular complexity index is 624. The lowest BCUT2D eigenvalue weighted by molar-refractivity contribution is 0.210. The molecule has 2 N–H and O–H groups in total. The minimum Gasteiger partial charge on any atom is -0.383 e. The van der Waals surface area contributed by atoms with Gasteiger partial charge in [0.05, 0.1) is 23.2 Å². The highest BCUT2D eigenvalue weighted by atomic mass is 19.1. The highest BCUT2D eigenvalue weighted by Gasteiger charge is 2.08. The van der Waals surface area contributed by atoms with E-state index in [2.05, 4.69) is 15.3 Å². The Kier molecular flexibility index (Phi) is 3.57. The van der Waals surface area contributed by atoms with E-state index in [-0.39, 0.29) is 11.2 Å². The van der Waals surface area contributed by atoms with Crippen LogP contribution < -0.4 is 10.9 Å². The second-order valence-corrected chi connectivity index (χ2v) is 3.92. The number of aromatic nitrogens is 2. The van der Waals surface area contributed by atoms with Crippen LogP contribution in [-0.2, 0) is 4.74 Å². The molecular formula is C12H14FN3O2. The second kappa shape index (κ2) is 5.14. The molecule has 1 aromatic heterocycles. The molecule has 0 unspecified atom stereocenters. The van der Waals surface area contributed by atoms with E-state index in [1.165, 1.54) is 12.1 Å². The van der Waals surface area contributed by atoms with Crippen LogP contribution >= 0.6 is 0 Å². The molecule has 1 aromatic carbocycles. The Morgan fingerprint density at radius 2 is 2.28 bits per heavy atom. The largest absolute Gasteiger partial charge is 0.383 e. The van der Waals surface area contributed by atoms with Gasteiger partial charge in [0.2, 0.25) is 0 Å². The fraction of sp³-hybridized carbons (Fsp3) is 0.333. The fourth-order valence-electron chi connectivity index (χ4n) is 1.70. The van der Waals surface area contributed by atoms with E-state index in [0.29, 0.717) is 29.9 Å². The number of aryl methyl sites for hydroxylation is 1. The van der Waals surface area contributed by atoms with Gasteiger partial charge in [-0.2, -0.15) is 0 Å². The van der Waals surface area contributed by atoms with Crippen molar-refractivity contribution in [1.82, 2.24) is 9.97 Å². The van der Waals surface area contributed by atoms with E-state index in [9.17, 15) is 9.18 Å². The van der Waals surface area contributed by atoms with Crippen LogP contribution in [0.4, 0.5) is 10.1 Å². The summed E-state index contributed by atoms with van der Waals surface area (Å²) >= 11 is 0. The zero-order valence-corrected chi connectivity index (χ0v) is 10.2. The minimum absolute atomic E-state index is 0.271. The third kappa shape index (κ3) is 2.48. The van der Waals surface area contributed by atoms with Crippen molar-refractivity contribution in [3.05, 3.63) is 34.1 Å². The van der Waals surface area contributed by atoms with E-state index in [4.69, 9.17) is 4.74 Å². The first-order valence-corrected chi connectivity index (χ1v) is 5.55. The van der Waals surface area contributed by atoms with E-state index >= 15 is 0 Å². The van der Waals surface area contributed by atoms with Crippen molar-refractivity contribution >= 4 is 16.6 Å². The van der Waals surface area contributed by atoms with Gasteiger partial charge in [-0.3, -0.25) is 4.79 Å². The number of halogens is 1. The molecular weight excluding hydrogens is 237 g/mol. The average Bonchev–Trinajstić information content (AvgIpc) is 2.30. The number of benzene rings is 1. The molecule has 6 heteroatoms. The van der Waals surface area contributed by atoms with Crippen LogP contribution in [0.3, 0.4) is 0 Å². The van der Waals surface area contributed by atoms with Gasteiger partial charge in [-0.1, -0.05) is 0 Å². The number of rotatable bonds is 4. The van der Waals surface area contributed by atoms with Gasteiger partial charge in [0.25, 0.3) is 5.56 Å². The van der Waals surface area contributed by atoms with E-state index in [0.717, 1.165) is 0 Å². The number of fused-ring (bicyclic) bond motifs is 1. The molecule has 0 bridgehead atoms. The SMILES string of the molecule is COCCNc1cc2c(=O)[nH]c(C)nc2cc1F. The van der Waals surface area contributed by atoms with Crippen LogP contribution in [0.1, 0.15) is 5.82 Å². The van der Waals surface area contributed by atoms with Crippen LogP contribution in [0.25, 0.3) is 10.9 Å². The number of hydrogen-bond donors (Lipinski definition) is 2. The molecule has 0 aliphatic heterocycles. The van der Waals surface area contributed by atoms with Crippen LogP contribution in [0, 0.1) is 12.7 Å². The van der Waals surface area contributed by atoms with Crippen LogP contribution in [0.15, 0.2) is 16.9 Å². The van der Waals surface area contributed by atoms with Crippen molar-refractivity contribution in [1.29, 1.82) is 0 Å². The number of nitrogens with one attached hydrogen (secondary N) is 2. The second-order valence-electron chi connectivity index (χ2n) is 3.92. The van der Waals surface area contributed by atoms with Crippen LogP contribution in [-0.4, -0.2) is 30.2 Å². The van der Waals surface area contributed by atoms with Gasteiger partial charge in [0.15, 0.2) is 0 Å². The number of ether oxygens (including phenoxy) is 1. The molecule has 18 heavy (non-hydrogen) atoms. The molecule has 2 rings (SSSR count). The molecule has 0 saturated carbocycles. The van der Waals surface area contributed by atoms with Gasteiger partial charge < -0.3 is 15.0 Å². The Labute approximate surface area is 103 Å². The first-order chi connectivity index (χ1) is 8.61. The summed E-state index contributed by atoms with van der Waals surface area (Å²) in [5.41, 5.74) is 0.356. The van der Waals surface area contributed by atoms with Crippen molar-refractivity contribution in [3.8, 4) is 0 Å². The summed E-state index contributed by atoms with van der Waals surface area (Å²) < 4.78 is 18.6. The van der Waals surface area contributed by atoms with Crippen molar-refractivity contribution in [3.63, 3.8) is 0 Å². The zero-order valence-electron chi connectivity index (χ0n) is 10.2. The monoisotopic (exact) mass is 251 g/mol. The zero-order chi connectivity index (χ0) is 13.1. The first kappa shape index (κ1) is 12.5. The molecule has 0 saturated heterocycles. The first-order valence-electron chi connectivity index (χ1n) is 5.55. The van der Waals surface area contributed by atoms with Crippen molar-refractivity contribution in [2.24, 2.45) is 0 Å². The number of hydrogen-bond acceptors (Lipinski definition) is 4. The van der Waals surface area contributed by atoms with Gasteiger partial charge in [-0.25, -0.2) is 9.37 Å². The molecule has 0 radical (unpaired) electrons. The van der Waals surface area contributed by atoms with Gasteiger partial charge in [0, 0.05) is 19.7 Å². The normalized spacial score (nSPS) is 10.8. The summed E-state index contributed by atoms with van der Waals surface area (Å²) in [6.07, 6.45) is 0. The topological polar surface area (TPSA) is 67.0 Å². The quantitative estimate of drug-likeness (QED) is 0.807. The molecule has 0 spiro atoms. The smallest absolute Gasteiger partial charge is 0.258 e. The van der Waals surface area contributed by atoms with E-state index in [1.54, 1.807) is 14.0 Å². The molecule has 0 fully saturated rings. The number of aromatic amines is 1. The molecule has 0 aliphatic rings. The average molecular weight is 251 g/mol. The maximum Gasteiger partial charge on any atom is 0.258 e. The maximum atomic E-state index is 13.8. The highest BCUT2D eigenvalue weighted by molar-refractivity contribution is 5.81. The van der Waals surface area contributed by atoms with Gasteiger partial charge in [0.1, 0.15) is 11.6 Å². The number of H-pyrrole nitrogens is 1. The summed E-state index contributed by atoms with van der Waals surface area (Å²) in [6, 6.07) is 2.72. The van der Waals surface area contributed by atoms with E-state index in [1.807, 2.05) is 0 Å². The third-order valence-corrected chi connectivity index (χ3v) is 2.53. The predicted octanol–water partition coefficient (Wildman–Crippen LogP) is 1.43. The Hall–Kier alpha value is -1.95. The summed E-state index contributed by atoms with van der Waals surface area (Å²) in [5, 5.41) is 3.23. The minimum atomic E-state index is -0.434. The Morgan fingerprint density at radius 3 is 3.00 bits per heavy atom. The van der Waals surface area contributed by atoms with Gasteiger partial charge in [-0.15, -0.1) is 0 Å². The Balaban J connectivity index is 2.44. The summed E-state index contributed by atoms with van der Waals surface area (Å²) in [6.45, 7) is 2.58. The molecule has 0 aliphatic carbocycles. The number of methoxy groups -OCH3 is 1. The summed E-state index contributed by atoms with van der Waals surface area (Å²) in [4.78, 5) is 18.4. The predicted molar refractivity (Wildman–Crippen MR) is 67.4 cm³/mol. The lowest BCUT2D eigenvalue weighted by Gasteiger charge is -2.08. The van der Waals surface area contributed by atoms with Crippen molar-refractivity contribution in [2.45, 2.75) is 6.92 Å². The molecule has 1 heterocycles. The lowest BCUT2D eigenvalue weighted by Crippen LogP contribution is -2.12. The van der Waals surface area contributed by atoms with Gasteiger partial charge in [-0.05, 0) is 13.0 Å². The van der Waals surface area contributed by atoms with Gasteiger partial charge >= 0.3 is 0 Å². The van der Waals surface area contributed by atoms with Crippen LogP contribution in [0.5, 0.6) is 0 Å². The lowest BCUT2D eigenvalue weighted by atomic mass is 10.2. The summed E-state index contributed by atoms with van der Waals surface area (Å²) in [7, 11) is 1.57. The maximum absolute atomic E-state index is 13.8. The molecule has 96 valence electrons. The number of anilines is 1. The molecule has 5 nitrogen and oxygen atoms in total. The van der Waals surface area contributed by atoms with E-state index < -0.39 is 5.82 Å². The van der Waals surface area contributed by atoms with Crippen molar-refractivity contribution in [2.75, 3.05) is 25.6 Å². The standard InChI is InChI=1S/C12H14FN3O2/c1-7-15-10-6-9(13)11(14-3-4-18-2)5-8(10)12(17)16-7/h5-6,14H,3-4H2,1-2H3,(H,15,16,17). The summed E-state index contributed by atoms with van der Waals surface area (Å²) in [5.74, 6) is 0.0306. The van der Waals surface area contributed by atoms with Crippen LogP contribution in [0.2, 0.25) is 0 Å². The van der Waals surface area contributed by atoms with Crippen molar-refractivity contribution < 1.29 is 9.13 Å². The fourth-order valence-corrected chi connectivity index (χ4v) is 1.70. The Morgan fingerprint density at radius 1 is 1.50 bits per heavy atom. The highest BCUT2D eigenvalue weighted by Crippen LogP contribution is 2.19. The molecule has 0 atom stereocenters. The third-order valence-electron chi connectivity index (χ3n) is 2.53. The molecule has 0 amide bonds.